The topological polar surface area (TPSA) is 12.5 Å². The summed E-state index contributed by atoms with van der Waals surface area (Å²) in [4.78, 5) is 2.54. The van der Waals surface area contributed by atoms with E-state index in [1.807, 2.05) is 0 Å². The van der Waals surface area contributed by atoms with E-state index in [4.69, 9.17) is 4.74 Å². The van der Waals surface area contributed by atoms with E-state index in [1.165, 1.54) is 37.1 Å². The van der Waals surface area contributed by atoms with Crippen LogP contribution in [0.4, 0.5) is 0 Å². The zero-order chi connectivity index (χ0) is 15.5. The maximum Gasteiger partial charge on any atom is 0.119 e. The third-order valence-corrected chi connectivity index (χ3v) is 3.91. The van der Waals surface area contributed by atoms with Crippen molar-refractivity contribution in [3.63, 3.8) is 0 Å². The summed E-state index contributed by atoms with van der Waals surface area (Å²) in [5.41, 5.74) is 2.87. The van der Waals surface area contributed by atoms with Crippen LogP contribution in [0.15, 0.2) is 18.2 Å². The van der Waals surface area contributed by atoms with Crippen molar-refractivity contribution in [1.82, 2.24) is 4.90 Å². The lowest BCUT2D eigenvalue weighted by atomic mass is 10.0. The average Bonchev–Trinajstić information content (AvgIpc) is 2.51. The van der Waals surface area contributed by atoms with Crippen LogP contribution in [0, 0.1) is 0 Å². The third-order valence-electron chi connectivity index (χ3n) is 3.91. The molecule has 0 bridgehead atoms. The molecule has 0 atom stereocenters. The Kier molecular flexibility index (Phi) is 9.16. The van der Waals surface area contributed by atoms with Gasteiger partial charge in [-0.2, -0.15) is 0 Å². The van der Waals surface area contributed by atoms with Gasteiger partial charge >= 0.3 is 0 Å². The first kappa shape index (κ1) is 18.0. The third kappa shape index (κ3) is 6.52. The van der Waals surface area contributed by atoms with E-state index in [1.54, 1.807) is 0 Å². The van der Waals surface area contributed by atoms with Crippen molar-refractivity contribution < 1.29 is 4.74 Å². The summed E-state index contributed by atoms with van der Waals surface area (Å²) in [6.45, 7) is 13.3. The molecule has 0 saturated carbocycles. The molecule has 0 amide bonds. The number of rotatable bonds is 11. The van der Waals surface area contributed by atoms with Gasteiger partial charge in [0, 0.05) is 6.54 Å². The molecular weight excluding hydrogens is 258 g/mol. The van der Waals surface area contributed by atoms with Crippen LogP contribution in [-0.4, -0.2) is 31.1 Å². The van der Waals surface area contributed by atoms with Crippen molar-refractivity contribution in [1.29, 1.82) is 0 Å². The van der Waals surface area contributed by atoms with Gasteiger partial charge in [0.1, 0.15) is 5.75 Å². The summed E-state index contributed by atoms with van der Waals surface area (Å²) in [6.07, 6.45) is 5.77. The van der Waals surface area contributed by atoms with Gasteiger partial charge in [-0.3, -0.25) is 0 Å². The maximum atomic E-state index is 5.93. The highest BCUT2D eigenvalue weighted by atomic mass is 16.5. The molecule has 0 radical (unpaired) electrons. The standard InChI is InChI=1S/C19H33NO/c1-5-12-20(13-6-2)14-9-15-21-19-11-10-17(7-3)18(8-4)16-19/h10-11,16H,5-9,12-15H2,1-4H3. The molecule has 0 fully saturated rings. The molecule has 120 valence electrons. The highest BCUT2D eigenvalue weighted by Crippen LogP contribution is 2.19. The molecule has 0 spiro atoms. The highest BCUT2D eigenvalue weighted by molar-refractivity contribution is 5.35. The minimum absolute atomic E-state index is 0.818. The Labute approximate surface area is 131 Å². The van der Waals surface area contributed by atoms with E-state index in [2.05, 4.69) is 50.8 Å². The monoisotopic (exact) mass is 291 g/mol. The minimum Gasteiger partial charge on any atom is -0.494 e. The number of hydrogen-bond acceptors (Lipinski definition) is 2. The fourth-order valence-corrected chi connectivity index (χ4v) is 2.81. The van der Waals surface area contributed by atoms with Crippen LogP contribution in [0.2, 0.25) is 0 Å². The van der Waals surface area contributed by atoms with Gasteiger partial charge in [0.15, 0.2) is 0 Å². The minimum atomic E-state index is 0.818. The number of ether oxygens (including phenoxy) is 1. The molecular formula is C19H33NO. The van der Waals surface area contributed by atoms with Crippen LogP contribution in [-0.2, 0) is 12.8 Å². The molecule has 0 heterocycles. The fraction of sp³-hybridized carbons (Fsp3) is 0.684. The first-order valence-electron chi connectivity index (χ1n) is 8.72. The first-order valence-corrected chi connectivity index (χ1v) is 8.72. The van der Waals surface area contributed by atoms with Gasteiger partial charge in [-0.1, -0.05) is 33.8 Å². The number of benzene rings is 1. The van der Waals surface area contributed by atoms with Gasteiger partial charge in [0.05, 0.1) is 6.61 Å². The van der Waals surface area contributed by atoms with Crippen molar-refractivity contribution in [3.05, 3.63) is 29.3 Å². The Balaban J connectivity index is 2.38. The predicted molar refractivity (Wildman–Crippen MR) is 92.3 cm³/mol. The molecule has 1 rings (SSSR count). The molecule has 1 aromatic rings. The first-order chi connectivity index (χ1) is 10.2. The molecule has 0 aliphatic carbocycles. The Hall–Kier alpha value is -1.02. The van der Waals surface area contributed by atoms with Crippen molar-refractivity contribution >= 4 is 0 Å². The van der Waals surface area contributed by atoms with Gasteiger partial charge in [0.25, 0.3) is 0 Å². The molecule has 0 saturated heterocycles. The van der Waals surface area contributed by atoms with Gasteiger partial charge in [-0.05, 0) is 68.5 Å². The van der Waals surface area contributed by atoms with Crippen LogP contribution in [0.3, 0.4) is 0 Å². The summed E-state index contributed by atoms with van der Waals surface area (Å²) >= 11 is 0. The molecule has 0 aliphatic heterocycles. The lowest BCUT2D eigenvalue weighted by Crippen LogP contribution is -2.27. The number of aryl methyl sites for hydroxylation is 2. The molecule has 21 heavy (non-hydrogen) atoms. The molecule has 0 aliphatic rings. The number of nitrogens with zero attached hydrogens (tertiary/aromatic N) is 1. The van der Waals surface area contributed by atoms with Crippen molar-refractivity contribution in [2.24, 2.45) is 0 Å². The van der Waals surface area contributed by atoms with Crippen molar-refractivity contribution in [2.75, 3.05) is 26.2 Å². The van der Waals surface area contributed by atoms with Gasteiger partial charge in [0.2, 0.25) is 0 Å². The Bertz CT molecular complexity index is 383. The fourth-order valence-electron chi connectivity index (χ4n) is 2.81. The lowest BCUT2D eigenvalue weighted by molar-refractivity contribution is 0.234. The number of hydrogen-bond donors (Lipinski definition) is 0. The van der Waals surface area contributed by atoms with Crippen LogP contribution < -0.4 is 4.74 Å². The molecule has 0 aromatic heterocycles. The Morgan fingerprint density at radius 1 is 0.857 bits per heavy atom. The SMILES string of the molecule is CCCN(CCC)CCCOc1ccc(CC)c(CC)c1. The van der Waals surface area contributed by atoms with Gasteiger partial charge < -0.3 is 9.64 Å². The van der Waals surface area contributed by atoms with Crippen LogP contribution in [0.5, 0.6) is 5.75 Å². The van der Waals surface area contributed by atoms with Gasteiger partial charge in [-0.25, -0.2) is 0 Å². The van der Waals surface area contributed by atoms with E-state index >= 15 is 0 Å². The largest absolute Gasteiger partial charge is 0.494 e. The summed E-state index contributed by atoms with van der Waals surface area (Å²) in [5, 5.41) is 0. The van der Waals surface area contributed by atoms with Crippen molar-refractivity contribution in [3.8, 4) is 5.75 Å². The van der Waals surface area contributed by atoms with Crippen LogP contribution in [0.25, 0.3) is 0 Å². The summed E-state index contributed by atoms with van der Waals surface area (Å²) in [7, 11) is 0. The van der Waals surface area contributed by atoms with E-state index in [0.29, 0.717) is 0 Å². The second-order valence-corrected chi connectivity index (χ2v) is 5.68. The summed E-state index contributed by atoms with van der Waals surface area (Å²) in [6, 6.07) is 6.55. The smallest absolute Gasteiger partial charge is 0.119 e. The van der Waals surface area contributed by atoms with E-state index in [0.717, 1.165) is 38.2 Å². The molecule has 1 aromatic carbocycles. The zero-order valence-electron chi connectivity index (χ0n) is 14.5. The Morgan fingerprint density at radius 3 is 2.10 bits per heavy atom. The van der Waals surface area contributed by atoms with Gasteiger partial charge in [-0.15, -0.1) is 0 Å². The average molecular weight is 291 g/mol. The normalized spacial score (nSPS) is 11.1. The lowest BCUT2D eigenvalue weighted by Gasteiger charge is -2.20. The molecule has 2 heteroatoms. The molecule has 2 nitrogen and oxygen atoms in total. The van der Waals surface area contributed by atoms with Crippen molar-refractivity contribution in [2.45, 2.75) is 59.8 Å². The second-order valence-electron chi connectivity index (χ2n) is 5.68. The van der Waals surface area contributed by atoms with Crippen LogP contribution in [0.1, 0.15) is 58.1 Å². The predicted octanol–water partition coefficient (Wildman–Crippen LogP) is 4.70. The molecule has 0 N–H and O–H groups in total. The van der Waals surface area contributed by atoms with E-state index in [9.17, 15) is 0 Å². The summed E-state index contributed by atoms with van der Waals surface area (Å²) in [5.74, 6) is 1.03. The highest BCUT2D eigenvalue weighted by Gasteiger charge is 2.04. The van der Waals surface area contributed by atoms with E-state index in [-0.39, 0.29) is 0 Å². The van der Waals surface area contributed by atoms with E-state index < -0.39 is 0 Å². The summed E-state index contributed by atoms with van der Waals surface area (Å²) < 4.78 is 5.93. The quantitative estimate of drug-likeness (QED) is 0.548. The molecule has 0 unspecified atom stereocenters. The Morgan fingerprint density at radius 2 is 1.52 bits per heavy atom. The maximum absolute atomic E-state index is 5.93. The second kappa shape index (κ2) is 10.7. The van der Waals surface area contributed by atoms with Crippen LogP contribution >= 0.6 is 0 Å². The zero-order valence-corrected chi connectivity index (χ0v) is 14.5.